The monoisotopic (exact) mass is 234 g/mol. The van der Waals surface area contributed by atoms with Crippen molar-refractivity contribution in [2.75, 3.05) is 0 Å². The lowest BCUT2D eigenvalue weighted by atomic mass is 9.92. The molecule has 0 amide bonds. The SMILES string of the molecule is Clc1cc(Cl)c2c(c1Cl)CCCC2. The molecule has 0 bridgehead atoms. The number of hydrogen-bond donors (Lipinski definition) is 0. The van der Waals surface area contributed by atoms with Gasteiger partial charge in [0.2, 0.25) is 0 Å². The van der Waals surface area contributed by atoms with Crippen LogP contribution in [-0.4, -0.2) is 0 Å². The molecular formula is C10H9Cl3. The number of halogens is 3. The molecule has 1 aliphatic carbocycles. The number of fused-ring (bicyclic) bond motifs is 1. The smallest absolute Gasteiger partial charge is 0.0628 e. The lowest BCUT2D eigenvalue weighted by Gasteiger charge is -2.19. The summed E-state index contributed by atoms with van der Waals surface area (Å²) in [6.07, 6.45) is 4.42. The van der Waals surface area contributed by atoms with Crippen molar-refractivity contribution in [2.45, 2.75) is 25.7 Å². The zero-order valence-corrected chi connectivity index (χ0v) is 9.31. The van der Waals surface area contributed by atoms with E-state index in [1.54, 1.807) is 6.07 Å². The first-order valence-electron chi connectivity index (χ1n) is 4.35. The van der Waals surface area contributed by atoms with Crippen LogP contribution in [0.25, 0.3) is 0 Å². The Labute approximate surface area is 92.8 Å². The van der Waals surface area contributed by atoms with E-state index in [1.807, 2.05) is 0 Å². The van der Waals surface area contributed by atoms with Crippen molar-refractivity contribution in [1.29, 1.82) is 0 Å². The summed E-state index contributed by atoms with van der Waals surface area (Å²) in [5, 5.41) is 2.04. The molecule has 0 heterocycles. The molecule has 13 heavy (non-hydrogen) atoms. The van der Waals surface area contributed by atoms with Crippen molar-refractivity contribution in [1.82, 2.24) is 0 Å². The standard InChI is InChI=1S/C10H9Cl3/c11-8-5-9(12)10(13)7-4-2-1-3-6(7)8/h5H,1-4H2. The van der Waals surface area contributed by atoms with Crippen molar-refractivity contribution >= 4 is 34.8 Å². The van der Waals surface area contributed by atoms with E-state index in [4.69, 9.17) is 34.8 Å². The van der Waals surface area contributed by atoms with Gasteiger partial charge in [0.1, 0.15) is 0 Å². The molecule has 3 heteroatoms. The summed E-state index contributed by atoms with van der Waals surface area (Å²) in [6, 6.07) is 1.75. The zero-order valence-electron chi connectivity index (χ0n) is 7.04. The summed E-state index contributed by atoms with van der Waals surface area (Å²) in [7, 11) is 0. The van der Waals surface area contributed by atoms with E-state index >= 15 is 0 Å². The third kappa shape index (κ3) is 1.68. The van der Waals surface area contributed by atoms with Crippen LogP contribution in [-0.2, 0) is 12.8 Å². The summed E-state index contributed by atoms with van der Waals surface area (Å²) in [6.45, 7) is 0. The molecule has 0 saturated carbocycles. The molecular weight excluding hydrogens is 226 g/mol. The highest BCUT2D eigenvalue weighted by Crippen LogP contribution is 2.37. The Hall–Kier alpha value is 0.0900. The summed E-state index contributed by atoms with van der Waals surface area (Å²) in [4.78, 5) is 0. The van der Waals surface area contributed by atoms with Crippen LogP contribution in [0.4, 0.5) is 0 Å². The van der Waals surface area contributed by atoms with Crippen LogP contribution in [0, 0.1) is 0 Å². The Balaban J connectivity index is 2.63. The quantitative estimate of drug-likeness (QED) is 0.580. The minimum Gasteiger partial charge on any atom is -0.0840 e. The normalized spacial score (nSPS) is 15.6. The largest absolute Gasteiger partial charge is 0.0840 e. The maximum absolute atomic E-state index is 6.09. The fourth-order valence-corrected chi connectivity index (χ4v) is 2.68. The van der Waals surface area contributed by atoms with E-state index in [0.29, 0.717) is 10.0 Å². The van der Waals surface area contributed by atoms with Gasteiger partial charge < -0.3 is 0 Å². The molecule has 0 fully saturated rings. The van der Waals surface area contributed by atoms with Gasteiger partial charge in [-0.15, -0.1) is 0 Å². The first-order chi connectivity index (χ1) is 6.20. The topological polar surface area (TPSA) is 0 Å². The van der Waals surface area contributed by atoms with Crippen LogP contribution in [0.2, 0.25) is 15.1 Å². The molecule has 0 atom stereocenters. The number of hydrogen-bond acceptors (Lipinski definition) is 0. The third-order valence-electron chi connectivity index (χ3n) is 2.48. The number of benzene rings is 1. The van der Waals surface area contributed by atoms with Gasteiger partial charge in [0.15, 0.2) is 0 Å². The van der Waals surface area contributed by atoms with Gasteiger partial charge in [-0.05, 0) is 42.9 Å². The van der Waals surface area contributed by atoms with Crippen molar-refractivity contribution in [3.63, 3.8) is 0 Å². The van der Waals surface area contributed by atoms with Gasteiger partial charge >= 0.3 is 0 Å². The van der Waals surface area contributed by atoms with Crippen LogP contribution < -0.4 is 0 Å². The molecule has 1 aromatic rings. The Bertz CT molecular complexity index is 345. The van der Waals surface area contributed by atoms with E-state index in [0.717, 1.165) is 23.4 Å². The highest BCUT2D eigenvalue weighted by Gasteiger charge is 2.17. The summed E-state index contributed by atoms with van der Waals surface area (Å²) >= 11 is 18.1. The Kier molecular flexibility index (Phi) is 2.73. The Morgan fingerprint density at radius 2 is 1.46 bits per heavy atom. The van der Waals surface area contributed by atoms with Crippen LogP contribution in [0.5, 0.6) is 0 Å². The average molecular weight is 236 g/mol. The highest BCUT2D eigenvalue weighted by atomic mass is 35.5. The summed E-state index contributed by atoms with van der Waals surface area (Å²) in [5.41, 5.74) is 2.35. The Morgan fingerprint density at radius 3 is 2.15 bits per heavy atom. The second kappa shape index (κ2) is 3.68. The highest BCUT2D eigenvalue weighted by molar-refractivity contribution is 6.44. The van der Waals surface area contributed by atoms with Crippen LogP contribution in [0.3, 0.4) is 0 Å². The van der Waals surface area contributed by atoms with Crippen molar-refractivity contribution < 1.29 is 0 Å². The first-order valence-corrected chi connectivity index (χ1v) is 5.49. The van der Waals surface area contributed by atoms with Gasteiger partial charge in [-0.25, -0.2) is 0 Å². The predicted octanol–water partition coefficient (Wildman–Crippen LogP) is 4.53. The van der Waals surface area contributed by atoms with E-state index in [1.165, 1.54) is 18.4 Å². The predicted molar refractivity (Wildman–Crippen MR) is 58.1 cm³/mol. The van der Waals surface area contributed by atoms with Gasteiger partial charge in [-0.1, -0.05) is 34.8 Å². The van der Waals surface area contributed by atoms with Crippen molar-refractivity contribution in [3.8, 4) is 0 Å². The maximum atomic E-state index is 6.09. The van der Waals surface area contributed by atoms with Gasteiger partial charge in [0.05, 0.1) is 10.0 Å². The molecule has 0 aliphatic heterocycles. The van der Waals surface area contributed by atoms with Crippen LogP contribution in [0.15, 0.2) is 6.07 Å². The van der Waals surface area contributed by atoms with E-state index in [2.05, 4.69) is 0 Å². The second-order valence-corrected chi connectivity index (χ2v) is 4.51. The molecule has 0 nitrogen and oxygen atoms in total. The van der Waals surface area contributed by atoms with E-state index in [9.17, 15) is 0 Å². The molecule has 0 radical (unpaired) electrons. The summed E-state index contributed by atoms with van der Waals surface area (Å²) < 4.78 is 0. The van der Waals surface area contributed by atoms with Crippen LogP contribution >= 0.6 is 34.8 Å². The molecule has 1 aliphatic rings. The molecule has 0 N–H and O–H groups in total. The first kappa shape index (κ1) is 9.64. The van der Waals surface area contributed by atoms with E-state index < -0.39 is 0 Å². The van der Waals surface area contributed by atoms with Gasteiger partial charge in [-0.3, -0.25) is 0 Å². The second-order valence-electron chi connectivity index (χ2n) is 3.32. The maximum Gasteiger partial charge on any atom is 0.0628 e. The minimum absolute atomic E-state index is 0.576. The molecule has 2 rings (SSSR count). The van der Waals surface area contributed by atoms with Crippen LogP contribution in [0.1, 0.15) is 24.0 Å². The lowest BCUT2D eigenvalue weighted by molar-refractivity contribution is 0.686. The van der Waals surface area contributed by atoms with Gasteiger partial charge in [0, 0.05) is 5.02 Å². The molecule has 0 aromatic heterocycles. The zero-order chi connectivity index (χ0) is 9.42. The van der Waals surface area contributed by atoms with E-state index in [-0.39, 0.29) is 0 Å². The average Bonchev–Trinajstić information content (AvgIpc) is 2.15. The molecule has 70 valence electrons. The molecule has 1 aromatic carbocycles. The molecule has 0 unspecified atom stereocenters. The van der Waals surface area contributed by atoms with Gasteiger partial charge in [0.25, 0.3) is 0 Å². The lowest BCUT2D eigenvalue weighted by Crippen LogP contribution is -2.04. The van der Waals surface area contributed by atoms with Crippen molar-refractivity contribution in [3.05, 3.63) is 32.3 Å². The molecule has 0 saturated heterocycles. The Morgan fingerprint density at radius 1 is 0.846 bits per heavy atom. The minimum atomic E-state index is 0.576. The van der Waals surface area contributed by atoms with Crippen molar-refractivity contribution in [2.24, 2.45) is 0 Å². The number of rotatable bonds is 0. The van der Waals surface area contributed by atoms with Gasteiger partial charge in [-0.2, -0.15) is 0 Å². The summed E-state index contributed by atoms with van der Waals surface area (Å²) in [5.74, 6) is 0. The fraction of sp³-hybridized carbons (Fsp3) is 0.400. The third-order valence-corrected chi connectivity index (χ3v) is 3.65. The fourth-order valence-electron chi connectivity index (χ4n) is 1.82. The molecule has 0 spiro atoms.